The summed E-state index contributed by atoms with van der Waals surface area (Å²) in [6.45, 7) is 1.98. The summed E-state index contributed by atoms with van der Waals surface area (Å²) in [6.07, 6.45) is 3.50. The van der Waals surface area contributed by atoms with E-state index in [0.717, 1.165) is 15.8 Å². The highest BCUT2D eigenvalue weighted by molar-refractivity contribution is 7.17. The van der Waals surface area contributed by atoms with Crippen molar-refractivity contribution >= 4 is 33.5 Å². The van der Waals surface area contributed by atoms with E-state index in [1.165, 1.54) is 18.4 Å². The summed E-state index contributed by atoms with van der Waals surface area (Å²) >= 11 is 1.42. The van der Waals surface area contributed by atoms with Gasteiger partial charge in [0.25, 0.3) is 0 Å². The van der Waals surface area contributed by atoms with Gasteiger partial charge < -0.3 is 10.1 Å². The van der Waals surface area contributed by atoms with Crippen molar-refractivity contribution in [3.63, 3.8) is 0 Å². The Labute approximate surface area is 131 Å². The lowest BCUT2D eigenvalue weighted by atomic mass is 10.1. The van der Waals surface area contributed by atoms with Crippen LogP contribution in [0.3, 0.4) is 0 Å². The Morgan fingerprint density at radius 3 is 2.95 bits per heavy atom. The van der Waals surface area contributed by atoms with Gasteiger partial charge in [-0.1, -0.05) is 6.07 Å². The van der Waals surface area contributed by atoms with Crippen LogP contribution in [0.4, 0.5) is 5.95 Å². The van der Waals surface area contributed by atoms with Crippen molar-refractivity contribution in [2.45, 2.75) is 13.0 Å². The number of rotatable bonds is 4. The zero-order valence-corrected chi connectivity index (χ0v) is 12.9. The van der Waals surface area contributed by atoms with Gasteiger partial charge in [-0.05, 0) is 30.0 Å². The first kappa shape index (κ1) is 14.4. The van der Waals surface area contributed by atoms with Crippen molar-refractivity contribution < 1.29 is 9.53 Å². The number of aromatic nitrogens is 3. The van der Waals surface area contributed by atoms with E-state index < -0.39 is 5.97 Å². The van der Waals surface area contributed by atoms with Gasteiger partial charge in [-0.2, -0.15) is 0 Å². The number of pyridine rings is 1. The predicted molar refractivity (Wildman–Crippen MR) is 85.0 cm³/mol. The minimum Gasteiger partial charge on any atom is -0.464 e. The molecule has 6 nitrogen and oxygen atoms in total. The summed E-state index contributed by atoms with van der Waals surface area (Å²) in [6, 6.07) is 5.66. The van der Waals surface area contributed by atoms with Crippen LogP contribution in [0.2, 0.25) is 0 Å². The molecular formula is C15H14N4O2S. The average Bonchev–Trinajstić information content (AvgIpc) is 3.02. The van der Waals surface area contributed by atoms with Gasteiger partial charge in [0, 0.05) is 12.4 Å². The van der Waals surface area contributed by atoms with Gasteiger partial charge in [-0.3, -0.25) is 4.98 Å². The Kier molecular flexibility index (Phi) is 3.97. The fraction of sp³-hybridized carbons (Fsp3) is 0.200. The SMILES string of the molecule is COC(=O)c1nc(N[C@@H](C)c2cccnc2)nc2ccsc12. The molecular weight excluding hydrogens is 300 g/mol. The first-order valence-corrected chi connectivity index (χ1v) is 7.57. The third kappa shape index (κ3) is 2.75. The molecule has 0 aliphatic carbocycles. The molecule has 0 unspecified atom stereocenters. The zero-order chi connectivity index (χ0) is 15.5. The van der Waals surface area contributed by atoms with E-state index in [2.05, 4.69) is 20.3 Å². The van der Waals surface area contributed by atoms with Gasteiger partial charge in [0.15, 0.2) is 5.69 Å². The van der Waals surface area contributed by atoms with Crippen molar-refractivity contribution in [3.8, 4) is 0 Å². The minimum absolute atomic E-state index is 0.0321. The van der Waals surface area contributed by atoms with Crippen LogP contribution in [0.5, 0.6) is 0 Å². The number of methoxy groups -OCH3 is 1. The maximum atomic E-state index is 11.9. The lowest BCUT2D eigenvalue weighted by Crippen LogP contribution is -2.13. The number of hydrogen-bond donors (Lipinski definition) is 1. The van der Waals surface area contributed by atoms with Crippen molar-refractivity contribution in [3.05, 3.63) is 47.2 Å². The second-order valence-corrected chi connectivity index (χ2v) is 5.59. The predicted octanol–water partition coefficient (Wildman–Crippen LogP) is 3.05. The second kappa shape index (κ2) is 6.07. The Morgan fingerprint density at radius 2 is 2.23 bits per heavy atom. The number of nitrogens with zero attached hydrogens (tertiary/aromatic N) is 3. The van der Waals surface area contributed by atoms with E-state index >= 15 is 0 Å². The van der Waals surface area contributed by atoms with Gasteiger partial charge >= 0.3 is 5.97 Å². The molecule has 3 heterocycles. The fourth-order valence-corrected chi connectivity index (χ4v) is 2.88. The molecule has 3 aromatic rings. The van der Waals surface area contributed by atoms with Gasteiger partial charge in [-0.15, -0.1) is 11.3 Å². The first-order valence-electron chi connectivity index (χ1n) is 6.69. The number of anilines is 1. The molecule has 0 amide bonds. The number of carbonyl (C=O) groups excluding carboxylic acids is 1. The second-order valence-electron chi connectivity index (χ2n) is 4.67. The van der Waals surface area contributed by atoms with Crippen LogP contribution in [0, 0.1) is 0 Å². The number of fused-ring (bicyclic) bond motifs is 1. The van der Waals surface area contributed by atoms with E-state index in [1.807, 2.05) is 30.5 Å². The molecule has 0 bridgehead atoms. The highest BCUT2D eigenvalue weighted by Gasteiger charge is 2.17. The molecule has 0 fully saturated rings. The topological polar surface area (TPSA) is 77.0 Å². The third-order valence-corrected chi connectivity index (χ3v) is 4.12. The number of nitrogens with one attached hydrogen (secondary N) is 1. The maximum Gasteiger partial charge on any atom is 0.358 e. The van der Waals surface area contributed by atoms with Gasteiger partial charge in [0.1, 0.15) is 0 Å². The molecule has 0 aliphatic heterocycles. The molecule has 3 aromatic heterocycles. The first-order chi connectivity index (χ1) is 10.7. The fourth-order valence-electron chi connectivity index (χ4n) is 2.07. The Morgan fingerprint density at radius 1 is 1.36 bits per heavy atom. The van der Waals surface area contributed by atoms with Gasteiger partial charge in [-0.25, -0.2) is 14.8 Å². The van der Waals surface area contributed by atoms with Crippen LogP contribution >= 0.6 is 11.3 Å². The molecule has 1 atom stereocenters. The molecule has 112 valence electrons. The van der Waals surface area contributed by atoms with E-state index in [-0.39, 0.29) is 11.7 Å². The molecule has 1 N–H and O–H groups in total. The van der Waals surface area contributed by atoms with Crippen molar-refractivity contribution in [2.75, 3.05) is 12.4 Å². The van der Waals surface area contributed by atoms with Crippen LogP contribution in [0.15, 0.2) is 36.0 Å². The lowest BCUT2D eigenvalue weighted by molar-refractivity contribution is 0.0597. The van der Waals surface area contributed by atoms with Gasteiger partial charge in [0.05, 0.1) is 23.4 Å². The third-order valence-electron chi connectivity index (χ3n) is 3.21. The minimum atomic E-state index is -0.466. The highest BCUT2D eigenvalue weighted by atomic mass is 32.1. The van der Waals surface area contributed by atoms with Crippen molar-refractivity contribution in [1.29, 1.82) is 0 Å². The molecule has 0 spiro atoms. The van der Waals surface area contributed by atoms with E-state index in [9.17, 15) is 4.79 Å². The Balaban J connectivity index is 1.95. The Bertz CT molecular complexity index is 804. The van der Waals surface area contributed by atoms with Gasteiger partial charge in [0.2, 0.25) is 5.95 Å². The summed E-state index contributed by atoms with van der Waals surface area (Å²) in [5.41, 5.74) is 2.01. The highest BCUT2D eigenvalue weighted by Crippen LogP contribution is 2.25. The molecule has 3 rings (SSSR count). The number of ether oxygens (including phenoxy) is 1. The average molecular weight is 314 g/mol. The molecule has 0 radical (unpaired) electrons. The monoisotopic (exact) mass is 314 g/mol. The molecule has 7 heteroatoms. The summed E-state index contributed by atoms with van der Waals surface area (Å²) in [7, 11) is 1.34. The molecule has 22 heavy (non-hydrogen) atoms. The van der Waals surface area contributed by atoms with Crippen LogP contribution in [0.25, 0.3) is 10.2 Å². The number of hydrogen-bond acceptors (Lipinski definition) is 7. The zero-order valence-electron chi connectivity index (χ0n) is 12.1. The summed E-state index contributed by atoms with van der Waals surface area (Å²) in [4.78, 5) is 24.7. The smallest absolute Gasteiger partial charge is 0.358 e. The number of thiophene rings is 1. The molecule has 0 aromatic carbocycles. The van der Waals surface area contributed by atoms with E-state index in [1.54, 1.807) is 12.4 Å². The van der Waals surface area contributed by atoms with Crippen molar-refractivity contribution in [1.82, 2.24) is 15.0 Å². The Hall–Kier alpha value is -2.54. The van der Waals surface area contributed by atoms with Crippen LogP contribution in [-0.4, -0.2) is 28.0 Å². The van der Waals surface area contributed by atoms with E-state index in [4.69, 9.17) is 4.74 Å². The summed E-state index contributed by atoms with van der Waals surface area (Å²) < 4.78 is 5.53. The standard InChI is InChI=1S/C15H14N4O2S/c1-9(10-4-3-6-16-8-10)17-15-18-11-5-7-22-13(11)12(19-15)14(20)21-2/h3-9H,1-2H3,(H,17,18,19)/t9-/m0/s1. The maximum absolute atomic E-state index is 11.9. The van der Waals surface area contributed by atoms with E-state index in [0.29, 0.717) is 5.95 Å². The quantitative estimate of drug-likeness (QED) is 0.746. The van der Waals surface area contributed by atoms with Crippen LogP contribution < -0.4 is 5.32 Å². The molecule has 0 saturated carbocycles. The van der Waals surface area contributed by atoms with Crippen LogP contribution in [0.1, 0.15) is 29.0 Å². The number of esters is 1. The summed E-state index contributed by atoms with van der Waals surface area (Å²) in [5.74, 6) is -0.0745. The number of carbonyl (C=O) groups is 1. The largest absolute Gasteiger partial charge is 0.464 e. The summed E-state index contributed by atoms with van der Waals surface area (Å²) in [5, 5.41) is 5.07. The molecule has 0 aliphatic rings. The van der Waals surface area contributed by atoms with Crippen LogP contribution in [-0.2, 0) is 4.74 Å². The molecule has 0 saturated heterocycles. The normalized spacial score (nSPS) is 12.1. The van der Waals surface area contributed by atoms with Crippen molar-refractivity contribution in [2.24, 2.45) is 0 Å². The lowest BCUT2D eigenvalue weighted by Gasteiger charge is -2.14.